The monoisotopic (exact) mass is 479 g/mol. The fraction of sp³-hybridized carbons (Fsp3) is 0.318. The highest BCUT2D eigenvalue weighted by atomic mass is 28.3. The normalized spacial score (nSPS) is 12.2. The minimum Gasteiger partial charge on any atom is -0.478 e. The first-order valence-corrected chi connectivity index (χ1v) is 13.9. The molecule has 1 heterocycles. The summed E-state index contributed by atoms with van der Waals surface area (Å²) in [6, 6.07) is 7.97. The molecule has 33 heavy (non-hydrogen) atoms. The fourth-order valence-corrected chi connectivity index (χ4v) is 3.98. The number of amides is 1. The van der Waals surface area contributed by atoms with Crippen LogP contribution >= 0.6 is 0 Å². The van der Waals surface area contributed by atoms with Crippen LogP contribution in [0.2, 0.25) is 25.7 Å². The van der Waals surface area contributed by atoms with Crippen molar-refractivity contribution < 1.29 is 32.6 Å². The van der Waals surface area contributed by atoms with Gasteiger partial charge in [0.25, 0.3) is 5.91 Å². The summed E-state index contributed by atoms with van der Waals surface area (Å²) in [7, 11) is -1.29. The molecule has 0 aliphatic heterocycles. The molecule has 0 aliphatic rings. The largest absolute Gasteiger partial charge is 0.478 e. The molecular weight excluding hydrogens is 455 g/mol. The molecule has 0 bridgehead atoms. The van der Waals surface area contributed by atoms with Gasteiger partial charge in [-0.05, 0) is 30.3 Å². The maximum Gasteiger partial charge on any atom is 0.417 e. The molecule has 0 saturated heterocycles. The Morgan fingerprint density at radius 2 is 1.85 bits per heavy atom. The third kappa shape index (κ3) is 5.99. The summed E-state index contributed by atoms with van der Waals surface area (Å²) >= 11 is 0. The molecule has 0 fully saturated rings. The van der Waals surface area contributed by atoms with E-state index in [9.17, 15) is 27.9 Å². The van der Waals surface area contributed by atoms with Gasteiger partial charge in [0, 0.05) is 25.8 Å². The quantitative estimate of drug-likeness (QED) is 0.337. The number of carbonyl (C=O) groups excluding carboxylic acids is 1. The van der Waals surface area contributed by atoms with E-state index in [0.717, 1.165) is 18.2 Å². The SMILES string of the molecule is C[Si](C)(C)CCOCn1ncc2cc(NC(=O)c3ccccc3C(F)(F)F)cc(C(=O)O)c21. The minimum absolute atomic E-state index is 0.0427. The zero-order chi connectivity index (χ0) is 24.4. The van der Waals surface area contributed by atoms with E-state index >= 15 is 0 Å². The Hall–Kier alpha value is -3.18. The Bertz CT molecular complexity index is 1190. The lowest BCUT2D eigenvalue weighted by molar-refractivity contribution is -0.137. The lowest BCUT2D eigenvalue weighted by Gasteiger charge is -2.16. The highest BCUT2D eigenvalue weighted by Gasteiger charge is 2.35. The molecule has 176 valence electrons. The number of ether oxygens (including phenoxy) is 1. The zero-order valence-corrected chi connectivity index (χ0v) is 19.4. The molecule has 2 N–H and O–H groups in total. The summed E-state index contributed by atoms with van der Waals surface area (Å²) in [5.74, 6) is -2.27. The molecular formula is C22H24F3N3O4Si. The summed E-state index contributed by atoms with van der Waals surface area (Å²) in [4.78, 5) is 24.4. The molecule has 0 spiro atoms. The van der Waals surface area contributed by atoms with Gasteiger partial charge in [0.05, 0.1) is 28.4 Å². The highest BCUT2D eigenvalue weighted by molar-refractivity contribution is 6.76. The number of hydrogen-bond donors (Lipinski definition) is 2. The van der Waals surface area contributed by atoms with Crippen molar-refractivity contribution in [2.24, 2.45) is 0 Å². The maximum absolute atomic E-state index is 13.2. The molecule has 0 saturated carbocycles. The summed E-state index contributed by atoms with van der Waals surface area (Å²) in [5, 5.41) is 16.6. The van der Waals surface area contributed by atoms with Crippen molar-refractivity contribution in [2.45, 2.75) is 38.6 Å². The van der Waals surface area contributed by atoms with Crippen LogP contribution in [0.3, 0.4) is 0 Å². The van der Waals surface area contributed by atoms with Gasteiger partial charge in [-0.2, -0.15) is 18.3 Å². The summed E-state index contributed by atoms with van der Waals surface area (Å²) in [5.41, 5.74) is -1.46. The Kier molecular flexibility index (Phi) is 6.94. The zero-order valence-electron chi connectivity index (χ0n) is 18.4. The average molecular weight is 480 g/mol. The number of carboxylic acids is 1. The van der Waals surface area contributed by atoms with Crippen molar-refractivity contribution in [1.29, 1.82) is 0 Å². The first kappa shape index (κ1) is 24.5. The third-order valence-electron chi connectivity index (χ3n) is 4.91. The van der Waals surface area contributed by atoms with Crippen molar-refractivity contribution in [1.82, 2.24) is 9.78 Å². The molecule has 1 amide bonds. The lowest BCUT2D eigenvalue weighted by Crippen LogP contribution is -2.22. The Morgan fingerprint density at radius 1 is 1.15 bits per heavy atom. The third-order valence-corrected chi connectivity index (χ3v) is 6.61. The van der Waals surface area contributed by atoms with E-state index in [2.05, 4.69) is 30.1 Å². The van der Waals surface area contributed by atoms with E-state index in [1.54, 1.807) is 0 Å². The number of rotatable bonds is 8. The van der Waals surface area contributed by atoms with Crippen LogP contribution < -0.4 is 5.32 Å². The number of carbonyl (C=O) groups is 2. The number of aromatic nitrogens is 2. The number of fused-ring (bicyclic) bond motifs is 1. The van der Waals surface area contributed by atoms with Gasteiger partial charge < -0.3 is 15.2 Å². The van der Waals surface area contributed by atoms with E-state index < -0.39 is 37.3 Å². The number of nitrogens with zero attached hydrogens (tertiary/aromatic N) is 2. The van der Waals surface area contributed by atoms with Gasteiger partial charge in [-0.25, -0.2) is 9.48 Å². The van der Waals surface area contributed by atoms with E-state index in [4.69, 9.17) is 4.74 Å². The van der Waals surface area contributed by atoms with Crippen LogP contribution in [0.15, 0.2) is 42.6 Å². The van der Waals surface area contributed by atoms with E-state index in [1.165, 1.54) is 35.1 Å². The molecule has 0 atom stereocenters. The predicted octanol–water partition coefficient (Wildman–Crippen LogP) is 5.32. The van der Waals surface area contributed by atoms with Gasteiger partial charge in [-0.3, -0.25) is 4.79 Å². The van der Waals surface area contributed by atoms with Gasteiger partial charge >= 0.3 is 12.1 Å². The maximum atomic E-state index is 13.2. The van der Waals surface area contributed by atoms with E-state index in [-0.39, 0.29) is 18.0 Å². The smallest absolute Gasteiger partial charge is 0.417 e. The number of benzene rings is 2. The first-order chi connectivity index (χ1) is 15.4. The number of anilines is 1. The van der Waals surface area contributed by atoms with Crippen molar-refractivity contribution >= 4 is 36.5 Å². The van der Waals surface area contributed by atoms with E-state index in [1.807, 2.05) is 0 Å². The molecule has 1 aromatic heterocycles. The second-order valence-corrected chi connectivity index (χ2v) is 14.4. The molecule has 0 aliphatic carbocycles. The second kappa shape index (κ2) is 9.36. The van der Waals surface area contributed by atoms with Crippen molar-refractivity contribution in [3.8, 4) is 0 Å². The fourth-order valence-electron chi connectivity index (χ4n) is 3.22. The minimum atomic E-state index is -4.71. The molecule has 0 unspecified atom stereocenters. The molecule has 2 aromatic carbocycles. The second-order valence-electron chi connectivity index (χ2n) is 8.76. The van der Waals surface area contributed by atoms with Crippen molar-refractivity contribution in [3.05, 3.63) is 59.3 Å². The number of alkyl halides is 3. The number of aromatic carboxylic acids is 1. The van der Waals surface area contributed by atoms with Crippen LogP contribution in [0.5, 0.6) is 0 Å². The average Bonchev–Trinajstić information content (AvgIpc) is 3.12. The number of carboxylic acid groups (broad SMARTS) is 1. The van der Waals surface area contributed by atoms with E-state index in [0.29, 0.717) is 17.5 Å². The van der Waals surface area contributed by atoms with Gasteiger partial charge in [0.1, 0.15) is 6.73 Å². The first-order valence-electron chi connectivity index (χ1n) is 10.1. The van der Waals surface area contributed by atoms with Crippen LogP contribution in [0.25, 0.3) is 10.9 Å². The summed E-state index contributed by atoms with van der Waals surface area (Å²) < 4.78 is 46.8. The van der Waals surface area contributed by atoms with Crippen molar-refractivity contribution in [2.75, 3.05) is 11.9 Å². The molecule has 3 aromatic rings. The molecule has 11 heteroatoms. The summed E-state index contributed by atoms with van der Waals surface area (Å²) in [6.45, 7) is 7.21. The molecule has 3 rings (SSSR count). The Labute approximate surface area is 189 Å². The van der Waals surface area contributed by atoms with Gasteiger partial charge in [-0.1, -0.05) is 31.8 Å². The number of hydrogen-bond acceptors (Lipinski definition) is 4. The van der Waals surface area contributed by atoms with Crippen LogP contribution in [-0.4, -0.2) is 41.4 Å². The summed E-state index contributed by atoms with van der Waals surface area (Å²) in [6.07, 6.45) is -3.29. The highest BCUT2D eigenvalue weighted by Crippen LogP contribution is 2.32. The van der Waals surface area contributed by atoms with Gasteiger partial charge in [-0.15, -0.1) is 0 Å². The topological polar surface area (TPSA) is 93.5 Å². The van der Waals surface area contributed by atoms with Crippen LogP contribution in [0.1, 0.15) is 26.3 Å². The number of nitrogens with one attached hydrogen (secondary N) is 1. The standard InChI is InChI=1S/C22H24F3N3O4Si/c1-33(2,3)9-8-32-13-28-19-14(12-26-28)10-15(11-17(19)21(30)31)27-20(29)16-6-4-5-7-18(16)22(23,24)25/h4-7,10-12H,8-9,13H2,1-3H3,(H,27,29)(H,30,31). The van der Waals surface area contributed by atoms with Crippen molar-refractivity contribution in [3.63, 3.8) is 0 Å². The van der Waals surface area contributed by atoms with Crippen LogP contribution in [0, 0.1) is 0 Å². The van der Waals surface area contributed by atoms with Crippen LogP contribution in [-0.2, 0) is 17.6 Å². The van der Waals surface area contributed by atoms with Gasteiger partial charge in [0.15, 0.2) is 0 Å². The molecule has 7 nitrogen and oxygen atoms in total. The Morgan fingerprint density at radius 3 is 2.48 bits per heavy atom. The van der Waals surface area contributed by atoms with Crippen LogP contribution in [0.4, 0.5) is 18.9 Å². The molecule has 0 radical (unpaired) electrons. The Balaban J connectivity index is 1.88. The van der Waals surface area contributed by atoms with Gasteiger partial charge in [0.2, 0.25) is 0 Å². The predicted molar refractivity (Wildman–Crippen MR) is 120 cm³/mol. The lowest BCUT2D eigenvalue weighted by atomic mass is 10.1. The number of halogens is 3.